The zero-order chi connectivity index (χ0) is 64.5. The van der Waals surface area contributed by atoms with Crippen LogP contribution < -0.4 is 37.6 Å². The van der Waals surface area contributed by atoms with Crippen LogP contribution in [0.5, 0.6) is 28.7 Å². The second-order valence-corrected chi connectivity index (χ2v) is 26.1. The van der Waals surface area contributed by atoms with Crippen molar-refractivity contribution in [1.82, 2.24) is 33.0 Å². The van der Waals surface area contributed by atoms with E-state index in [9.17, 15) is 57.7 Å². The molecule has 0 unspecified atom stereocenters. The molecule has 11 rings (SSSR count). The summed E-state index contributed by atoms with van der Waals surface area (Å²) in [6.45, 7) is 3.41. The third-order valence-corrected chi connectivity index (χ3v) is 19.4. The molecule has 2 aliphatic heterocycles. The second-order valence-electron chi connectivity index (χ2n) is 19.3. The number of benzene rings is 5. The Morgan fingerprint density at radius 2 is 0.989 bits per heavy atom. The molecular formula is C51H26B2Cl4F9N9O11S3. The molecule has 38 heteroatoms. The van der Waals surface area contributed by atoms with E-state index >= 15 is 17.6 Å². The number of hydrogen-bond acceptors (Lipinski definition) is 17. The first kappa shape index (κ1) is 62.4. The van der Waals surface area contributed by atoms with Crippen LogP contribution in [0.1, 0.15) is 36.8 Å². The van der Waals surface area contributed by atoms with Gasteiger partial charge in [0.25, 0.3) is 10.0 Å². The van der Waals surface area contributed by atoms with Crippen molar-refractivity contribution in [3.8, 4) is 52.1 Å². The fraction of sp³-hybridized carbons (Fsp3) is 0.137. The number of nitrogens with one attached hydrogen (secondary N) is 1. The van der Waals surface area contributed by atoms with Crippen molar-refractivity contribution in [3.05, 3.63) is 157 Å². The largest absolute Gasteiger partial charge is 0.743 e. The van der Waals surface area contributed by atoms with Crippen LogP contribution in [-0.2, 0) is 30.2 Å². The quantitative estimate of drug-likeness (QED) is 0.0602. The third-order valence-electron chi connectivity index (χ3n) is 13.4. The lowest BCUT2D eigenvalue weighted by atomic mass is 10.00. The van der Waals surface area contributed by atoms with E-state index in [2.05, 4.69) is 26.3 Å². The number of fused-ring (bicyclic) bond motifs is 5. The van der Waals surface area contributed by atoms with Crippen molar-refractivity contribution in [1.29, 1.82) is 10.5 Å². The summed E-state index contributed by atoms with van der Waals surface area (Å²) in [6.07, 6.45) is 2.41. The molecule has 0 aliphatic carbocycles. The summed E-state index contributed by atoms with van der Waals surface area (Å²) >= 11 is 25.5. The number of nitrogens with zero attached hydrogens (tertiary/aromatic N) is 8. The number of halogens is 13. The minimum absolute atomic E-state index is 0.0263. The van der Waals surface area contributed by atoms with Crippen molar-refractivity contribution in [2.75, 3.05) is 0 Å². The van der Waals surface area contributed by atoms with Crippen LogP contribution in [0, 0.1) is 22.7 Å². The third kappa shape index (κ3) is 10.2. The highest BCUT2D eigenvalue weighted by molar-refractivity contribution is 8.05. The van der Waals surface area contributed by atoms with Crippen molar-refractivity contribution in [2.24, 2.45) is 0 Å². The van der Waals surface area contributed by atoms with Crippen molar-refractivity contribution < 1.29 is 87.6 Å². The maximum atomic E-state index is 15.6. The highest BCUT2D eigenvalue weighted by atomic mass is 35.5. The maximum absolute atomic E-state index is 15.6. The van der Waals surface area contributed by atoms with Crippen LogP contribution in [0.2, 0.25) is 20.1 Å². The van der Waals surface area contributed by atoms with Gasteiger partial charge in [0.2, 0.25) is 0 Å². The molecule has 0 saturated carbocycles. The molecule has 0 saturated heterocycles. The minimum Gasteiger partial charge on any atom is -0.503 e. The lowest BCUT2D eigenvalue weighted by molar-refractivity contribution is -0.245. The molecule has 6 heterocycles. The summed E-state index contributed by atoms with van der Waals surface area (Å²) in [6, 6.07) is 25.2. The van der Waals surface area contributed by atoms with Crippen LogP contribution in [0.4, 0.5) is 39.5 Å². The van der Waals surface area contributed by atoms with E-state index in [1.165, 1.54) is 57.7 Å². The molecule has 1 N–H and O–H groups in total. The van der Waals surface area contributed by atoms with Crippen molar-refractivity contribution >= 4 is 135 Å². The Bertz CT molecular complexity index is 4960. The van der Waals surface area contributed by atoms with E-state index in [4.69, 9.17) is 75.0 Å². The Morgan fingerprint density at radius 1 is 0.584 bits per heavy atom. The molecule has 0 amide bonds. The summed E-state index contributed by atoms with van der Waals surface area (Å²) in [5.74, 6) is -9.43. The zero-order valence-electron chi connectivity index (χ0n) is 43.8. The van der Waals surface area contributed by atoms with Gasteiger partial charge < -0.3 is 31.8 Å². The molecule has 0 bridgehead atoms. The Morgan fingerprint density at radius 3 is 1.39 bits per heavy atom. The van der Waals surface area contributed by atoms with Crippen molar-refractivity contribution in [3.63, 3.8) is 0 Å². The molecule has 20 nitrogen and oxygen atoms in total. The van der Waals surface area contributed by atoms with Gasteiger partial charge in [-0.3, -0.25) is 9.97 Å². The summed E-state index contributed by atoms with van der Waals surface area (Å²) in [7, 11) is -26.7. The molecule has 0 fully saturated rings. The number of para-hydroxylation sites is 4. The highest BCUT2D eigenvalue weighted by Gasteiger charge is 2.83. The van der Waals surface area contributed by atoms with E-state index in [0.717, 1.165) is 12.1 Å². The van der Waals surface area contributed by atoms with E-state index in [-0.39, 0.29) is 126 Å². The monoisotopic (exact) mass is 1370 g/mol. The average Bonchev–Trinajstić information content (AvgIpc) is 1.61. The van der Waals surface area contributed by atoms with Gasteiger partial charge in [-0.2, -0.15) is 58.5 Å². The smallest absolute Gasteiger partial charge is 0.503 e. The topological polar surface area (TPSA) is 270 Å². The first-order valence-corrected chi connectivity index (χ1v) is 30.5. The van der Waals surface area contributed by atoms with Gasteiger partial charge in [0.1, 0.15) is 63.4 Å². The summed E-state index contributed by atoms with van der Waals surface area (Å²) < 4.78 is 236. The lowest BCUT2D eigenvalue weighted by Crippen LogP contribution is -2.64. The van der Waals surface area contributed by atoms with Gasteiger partial charge in [0.15, 0.2) is 0 Å². The van der Waals surface area contributed by atoms with Crippen LogP contribution in [0.3, 0.4) is 0 Å². The molecule has 89 heavy (non-hydrogen) atoms. The SMILES string of the molecule is CC(C)c1c2/c(=C(\C#N)c3cnc4cc(Cl)c(Cl)cc4n3)n(B3Oc4ccccc4O3)c(-c3ccc(OS(=O)(=O)C(F)(F)C(F)(F)C(F)(F)S(=O)(=O)NS(=O)(=O)C(F)(F)F)cc3)c2/c(=C(\C#N)c2cnc3cc(Cl)c(Cl)cc3n2)n1B1Oc2ccccc2O1. The number of aromatic nitrogens is 6. The standard InChI is InChI=1S/C51H26B2Cl4F9N9O11S3/c1-23(2)44-42-43(47(74(44)52-82-38-7-3-4-8-39(38)83-52)27(20-68)37-22-70-33-16-29(55)31(57)18-35(33)72-37)45(24-11-13-25(14-12-24)86-89(80,81)50(62,63)48(58,59)49(60,61)87(76,77)73-88(78,79)51(64,65)66)75(53-84-40-9-5-6-10-41(40)85-53)46(42)26(19-67)36-21-69-32-15-28(54)30(56)17-34(32)71-36/h3-18,21-23,73H,1-2H3/b46-26-,47-27-. The van der Waals surface area contributed by atoms with Crippen LogP contribution in [0.15, 0.2) is 109 Å². The van der Waals surface area contributed by atoms with Gasteiger partial charge in [0.05, 0.1) is 70.9 Å². The van der Waals surface area contributed by atoms with Crippen LogP contribution in [-0.4, -0.2) is 90.6 Å². The van der Waals surface area contributed by atoms with Gasteiger partial charge in [-0.1, -0.05) is 88.6 Å². The van der Waals surface area contributed by atoms with E-state index < -0.39 is 82.4 Å². The summed E-state index contributed by atoms with van der Waals surface area (Å²) in [4.78, 5) is 18.5. The van der Waals surface area contributed by atoms with E-state index in [0.29, 0.717) is 12.1 Å². The first-order chi connectivity index (χ1) is 41.6. The first-order valence-electron chi connectivity index (χ1n) is 24.6. The fourth-order valence-corrected chi connectivity index (χ4v) is 13.5. The second kappa shape index (κ2) is 21.8. The molecule has 2 aliphatic rings. The Kier molecular flexibility index (Phi) is 15.3. The van der Waals surface area contributed by atoms with E-state index in [1.807, 2.05) is 0 Å². The molecule has 0 spiro atoms. The van der Waals surface area contributed by atoms with E-state index in [1.54, 1.807) is 50.2 Å². The number of hydrogen-bond donors (Lipinski definition) is 1. The number of sulfonamides is 2. The number of alkyl halides is 9. The number of rotatable bonds is 14. The van der Waals surface area contributed by atoms with Gasteiger partial charge in [0, 0.05) is 16.5 Å². The molecule has 0 atom stereocenters. The average molecular weight is 1370 g/mol. The molecule has 5 aromatic carbocycles. The lowest BCUT2D eigenvalue weighted by Gasteiger charge is -2.31. The van der Waals surface area contributed by atoms with Gasteiger partial charge >= 0.3 is 56.6 Å². The van der Waals surface area contributed by atoms with Crippen molar-refractivity contribution in [2.45, 2.75) is 41.7 Å². The predicted molar refractivity (Wildman–Crippen MR) is 303 cm³/mol. The molecule has 9 aromatic rings. The summed E-state index contributed by atoms with van der Waals surface area (Å²) in [5.41, 5.74) is -7.52. The molecule has 4 aromatic heterocycles. The predicted octanol–water partition coefficient (Wildman–Crippen LogP) is 10.1. The van der Waals surface area contributed by atoms with Crippen LogP contribution in [0.25, 0.3) is 55.2 Å². The van der Waals surface area contributed by atoms with Gasteiger partial charge in [-0.05, 0) is 84.3 Å². The van der Waals surface area contributed by atoms with Crippen LogP contribution >= 0.6 is 46.4 Å². The normalized spacial score (nSPS) is 14.6. The molecule has 0 radical (unpaired) electrons. The number of nitriles is 2. The maximum Gasteiger partial charge on any atom is 0.743 e. The van der Waals surface area contributed by atoms with Gasteiger partial charge in [-0.15, -0.1) is 0 Å². The summed E-state index contributed by atoms with van der Waals surface area (Å²) in [5, 5.41) is 8.01. The minimum atomic E-state index is -8.12. The Balaban J connectivity index is 1.23. The molecule has 456 valence electrons. The Hall–Kier alpha value is -8.21. The Labute approximate surface area is 514 Å². The zero-order valence-corrected chi connectivity index (χ0v) is 49.3. The highest BCUT2D eigenvalue weighted by Crippen LogP contribution is 2.52. The van der Waals surface area contributed by atoms with Gasteiger partial charge in [-0.25, -0.2) is 26.8 Å². The molecular weight excluding hydrogens is 1350 g/mol. The fourth-order valence-electron chi connectivity index (χ4n) is 9.49.